The predicted octanol–water partition coefficient (Wildman–Crippen LogP) is 2.73. The molecule has 0 saturated heterocycles. The summed E-state index contributed by atoms with van der Waals surface area (Å²) in [6, 6.07) is 2.02. The first-order chi connectivity index (χ1) is 13.1. The number of methoxy groups -OCH3 is 2. The normalized spacial score (nSPS) is 20.0. The van der Waals surface area contributed by atoms with Crippen molar-refractivity contribution < 1.29 is 19.0 Å². The molecule has 1 unspecified atom stereocenters. The van der Waals surface area contributed by atoms with Crippen molar-refractivity contribution in [2.75, 3.05) is 20.8 Å². The van der Waals surface area contributed by atoms with E-state index in [1.54, 1.807) is 13.3 Å². The van der Waals surface area contributed by atoms with Crippen molar-refractivity contribution in [3.63, 3.8) is 0 Å². The van der Waals surface area contributed by atoms with E-state index in [0.29, 0.717) is 25.9 Å². The van der Waals surface area contributed by atoms with Crippen LogP contribution in [0.3, 0.4) is 0 Å². The van der Waals surface area contributed by atoms with Crippen molar-refractivity contribution in [2.24, 2.45) is 0 Å². The molecule has 0 aliphatic heterocycles. The fraction of sp³-hybridized carbons (Fsp3) is 0.421. The summed E-state index contributed by atoms with van der Waals surface area (Å²) in [6.07, 6.45) is 7.38. The van der Waals surface area contributed by atoms with E-state index in [1.807, 2.05) is 29.8 Å². The van der Waals surface area contributed by atoms with Gasteiger partial charge in [-0.05, 0) is 31.4 Å². The quantitative estimate of drug-likeness (QED) is 0.695. The number of pyridine rings is 1. The van der Waals surface area contributed by atoms with Crippen LogP contribution in [0.2, 0.25) is 0 Å². The maximum atomic E-state index is 12.2. The van der Waals surface area contributed by atoms with E-state index in [2.05, 4.69) is 15.3 Å². The first-order valence-corrected chi connectivity index (χ1v) is 8.93. The highest BCUT2D eigenvalue weighted by atomic mass is 16.6. The first kappa shape index (κ1) is 17.5. The van der Waals surface area contributed by atoms with E-state index in [-0.39, 0.29) is 5.97 Å². The number of ether oxygens (including phenoxy) is 3. The molecule has 0 amide bonds. The number of H-pyrrole nitrogens is 1. The van der Waals surface area contributed by atoms with Crippen molar-refractivity contribution >= 4 is 28.1 Å². The zero-order valence-corrected chi connectivity index (χ0v) is 15.6. The Hall–Kier alpha value is -2.87. The minimum Gasteiger partial charge on any atom is -0.492 e. The van der Waals surface area contributed by atoms with Gasteiger partial charge in [0, 0.05) is 19.1 Å². The molecule has 1 N–H and O–H groups in total. The van der Waals surface area contributed by atoms with Crippen molar-refractivity contribution in [3.8, 4) is 5.75 Å². The smallest absolute Gasteiger partial charge is 0.338 e. The molecule has 3 heterocycles. The number of carbonyl (C=O) groups excluding carboxylic acids is 1. The Balaban J connectivity index is 1.83. The SMILES string of the molecule is CCOc1cc(C2=CCC(OC)(C(=O)OC)CC2)c2c3cn[nH]c3nn2c1. The molecule has 4 rings (SSSR count). The standard InChI is InChI=1S/C19H22N4O4/c1-4-27-13-9-14(16-15-10-20-21-17(15)22-23(16)11-13)12-5-7-19(26-3,8-6-12)18(24)25-2/h5,9-11H,4,6-8H2,1-3H3,(H,21,22). The number of rotatable bonds is 5. The fourth-order valence-electron chi connectivity index (χ4n) is 3.74. The second-order valence-corrected chi connectivity index (χ2v) is 6.57. The lowest BCUT2D eigenvalue weighted by Gasteiger charge is -2.32. The summed E-state index contributed by atoms with van der Waals surface area (Å²) in [7, 11) is 2.94. The average Bonchev–Trinajstić information content (AvgIpc) is 3.28. The van der Waals surface area contributed by atoms with Gasteiger partial charge in [-0.1, -0.05) is 6.08 Å². The highest BCUT2D eigenvalue weighted by molar-refractivity contribution is 5.99. The monoisotopic (exact) mass is 370 g/mol. The Morgan fingerprint density at radius 3 is 2.93 bits per heavy atom. The molecule has 3 aromatic heterocycles. The molecule has 0 fully saturated rings. The van der Waals surface area contributed by atoms with Gasteiger partial charge in [-0.15, -0.1) is 5.10 Å². The lowest BCUT2D eigenvalue weighted by atomic mass is 9.82. The Bertz CT molecular complexity index is 1040. The van der Waals surface area contributed by atoms with Gasteiger partial charge in [0.25, 0.3) is 0 Å². The fourth-order valence-corrected chi connectivity index (χ4v) is 3.74. The summed E-state index contributed by atoms with van der Waals surface area (Å²) >= 11 is 0. The number of aromatic amines is 1. The second kappa shape index (κ2) is 6.70. The molecule has 1 atom stereocenters. The van der Waals surface area contributed by atoms with Crippen LogP contribution in [0.25, 0.3) is 22.1 Å². The molecule has 8 heteroatoms. The molecular weight excluding hydrogens is 348 g/mol. The third-order valence-electron chi connectivity index (χ3n) is 5.18. The number of nitrogens with one attached hydrogen (secondary N) is 1. The topological polar surface area (TPSA) is 90.7 Å². The van der Waals surface area contributed by atoms with Crippen LogP contribution in [-0.2, 0) is 14.3 Å². The van der Waals surface area contributed by atoms with Crippen LogP contribution in [0, 0.1) is 0 Å². The summed E-state index contributed by atoms with van der Waals surface area (Å²) in [5.41, 5.74) is 2.93. The third kappa shape index (κ3) is 2.76. The zero-order valence-electron chi connectivity index (χ0n) is 15.6. The maximum absolute atomic E-state index is 12.2. The summed E-state index contributed by atoms with van der Waals surface area (Å²) < 4.78 is 18.0. The predicted molar refractivity (Wildman–Crippen MR) is 99.6 cm³/mol. The maximum Gasteiger partial charge on any atom is 0.338 e. The molecule has 0 aromatic carbocycles. The van der Waals surface area contributed by atoms with Gasteiger partial charge in [0.1, 0.15) is 5.75 Å². The van der Waals surface area contributed by atoms with Gasteiger partial charge in [0.2, 0.25) is 0 Å². The number of allylic oxidation sites excluding steroid dienone is 1. The van der Waals surface area contributed by atoms with Crippen molar-refractivity contribution in [3.05, 3.63) is 30.1 Å². The van der Waals surface area contributed by atoms with Crippen molar-refractivity contribution in [1.82, 2.24) is 19.8 Å². The molecule has 0 saturated carbocycles. The molecule has 27 heavy (non-hydrogen) atoms. The molecule has 3 aromatic rings. The molecule has 1 aliphatic rings. The van der Waals surface area contributed by atoms with E-state index in [4.69, 9.17) is 14.2 Å². The van der Waals surface area contributed by atoms with Crippen molar-refractivity contribution in [1.29, 1.82) is 0 Å². The van der Waals surface area contributed by atoms with Crippen LogP contribution in [0.15, 0.2) is 24.5 Å². The summed E-state index contributed by atoms with van der Waals surface area (Å²) in [4.78, 5) is 12.2. The number of carbonyl (C=O) groups is 1. The Kier molecular flexibility index (Phi) is 4.35. The average molecular weight is 370 g/mol. The molecule has 142 valence electrons. The largest absolute Gasteiger partial charge is 0.492 e. The van der Waals surface area contributed by atoms with E-state index >= 15 is 0 Å². The van der Waals surface area contributed by atoms with Gasteiger partial charge < -0.3 is 14.2 Å². The highest BCUT2D eigenvalue weighted by Crippen LogP contribution is 2.39. The number of nitrogens with zero attached hydrogens (tertiary/aromatic N) is 3. The molecule has 1 aliphatic carbocycles. The van der Waals surface area contributed by atoms with Crippen LogP contribution in [0.1, 0.15) is 31.7 Å². The van der Waals surface area contributed by atoms with Crippen LogP contribution in [-0.4, -0.2) is 52.2 Å². The number of hydrogen-bond donors (Lipinski definition) is 1. The van der Waals surface area contributed by atoms with Crippen LogP contribution in [0.4, 0.5) is 0 Å². The lowest BCUT2D eigenvalue weighted by Crippen LogP contribution is -2.42. The van der Waals surface area contributed by atoms with Gasteiger partial charge in [0.05, 0.1) is 37.0 Å². The summed E-state index contributed by atoms with van der Waals surface area (Å²) in [5.74, 6) is 0.408. The zero-order chi connectivity index (χ0) is 19.0. The van der Waals surface area contributed by atoms with Crippen molar-refractivity contribution in [2.45, 2.75) is 31.8 Å². The highest BCUT2D eigenvalue weighted by Gasteiger charge is 2.41. The number of fused-ring (bicyclic) bond motifs is 3. The van der Waals surface area contributed by atoms with Crippen LogP contribution >= 0.6 is 0 Å². The lowest BCUT2D eigenvalue weighted by molar-refractivity contribution is -0.166. The molecule has 0 spiro atoms. The van der Waals surface area contributed by atoms with Crippen LogP contribution < -0.4 is 4.74 Å². The molecule has 0 radical (unpaired) electrons. The van der Waals surface area contributed by atoms with E-state index in [0.717, 1.165) is 33.4 Å². The van der Waals surface area contributed by atoms with Gasteiger partial charge in [0.15, 0.2) is 11.2 Å². The summed E-state index contributed by atoms with van der Waals surface area (Å²) in [5, 5.41) is 12.5. The van der Waals surface area contributed by atoms with Crippen LogP contribution in [0.5, 0.6) is 5.75 Å². The minimum atomic E-state index is -0.919. The summed E-state index contributed by atoms with van der Waals surface area (Å²) in [6.45, 7) is 2.52. The van der Waals surface area contributed by atoms with E-state index in [1.165, 1.54) is 7.11 Å². The minimum absolute atomic E-state index is 0.338. The Morgan fingerprint density at radius 1 is 1.41 bits per heavy atom. The van der Waals surface area contributed by atoms with Gasteiger partial charge in [-0.3, -0.25) is 5.10 Å². The Morgan fingerprint density at radius 2 is 2.26 bits per heavy atom. The molecule has 0 bridgehead atoms. The number of esters is 1. The molecule has 8 nitrogen and oxygen atoms in total. The third-order valence-corrected chi connectivity index (χ3v) is 5.18. The van der Waals surface area contributed by atoms with Gasteiger partial charge in [-0.25, -0.2) is 9.31 Å². The Labute approximate surface area is 156 Å². The van der Waals surface area contributed by atoms with Gasteiger partial charge >= 0.3 is 5.97 Å². The second-order valence-electron chi connectivity index (χ2n) is 6.57. The van der Waals surface area contributed by atoms with E-state index < -0.39 is 5.60 Å². The van der Waals surface area contributed by atoms with E-state index in [9.17, 15) is 4.79 Å². The number of hydrogen-bond acceptors (Lipinski definition) is 6. The molecular formula is C19H22N4O4. The number of aromatic nitrogens is 4. The van der Waals surface area contributed by atoms with Gasteiger partial charge in [-0.2, -0.15) is 5.10 Å². The first-order valence-electron chi connectivity index (χ1n) is 8.93.